The van der Waals surface area contributed by atoms with E-state index in [0.717, 1.165) is 34.6 Å². The molecule has 134 valence electrons. The van der Waals surface area contributed by atoms with Crippen LogP contribution < -0.4 is 9.47 Å². The van der Waals surface area contributed by atoms with Gasteiger partial charge in [0.2, 0.25) is 0 Å². The van der Waals surface area contributed by atoms with Crippen LogP contribution in [0, 0.1) is 6.92 Å². The molecule has 0 aromatic heterocycles. The van der Waals surface area contributed by atoms with Gasteiger partial charge < -0.3 is 14.6 Å². The van der Waals surface area contributed by atoms with E-state index in [-0.39, 0.29) is 0 Å². The monoisotopic (exact) mass is 342 g/mol. The molecule has 1 atom stereocenters. The maximum atomic E-state index is 11.9. The first-order valence-corrected chi connectivity index (χ1v) is 8.73. The van der Waals surface area contributed by atoms with Gasteiger partial charge in [-0.15, -0.1) is 0 Å². The molecule has 2 rings (SSSR count). The van der Waals surface area contributed by atoms with E-state index in [9.17, 15) is 9.90 Å². The van der Waals surface area contributed by atoms with Crippen molar-refractivity contribution in [3.8, 4) is 11.5 Å². The summed E-state index contributed by atoms with van der Waals surface area (Å²) in [6.07, 6.45) is 1.33. The Morgan fingerprint density at radius 1 is 1.08 bits per heavy atom. The van der Waals surface area contributed by atoms with Crippen molar-refractivity contribution in [3.05, 3.63) is 59.2 Å². The van der Waals surface area contributed by atoms with Gasteiger partial charge in [0.25, 0.3) is 0 Å². The summed E-state index contributed by atoms with van der Waals surface area (Å²) in [5.74, 6) is 0.0915. The molecule has 25 heavy (non-hydrogen) atoms. The second-order valence-electron chi connectivity index (χ2n) is 6.01. The van der Waals surface area contributed by atoms with E-state index in [0.29, 0.717) is 19.6 Å². The molecule has 1 N–H and O–H groups in total. The minimum Gasteiger partial charge on any atom is -0.494 e. The molecule has 0 aliphatic carbocycles. The number of carbonyl (C=O) groups is 1. The van der Waals surface area contributed by atoms with E-state index >= 15 is 0 Å². The van der Waals surface area contributed by atoms with Gasteiger partial charge in [0, 0.05) is 0 Å². The zero-order chi connectivity index (χ0) is 18.2. The van der Waals surface area contributed by atoms with E-state index in [1.807, 2.05) is 56.3 Å². The molecule has 0 amide bonds. The number of hydrogen-bond donors (Lipinski definition) is 1. The summed E-state index contributed by atoms with van der Waals surface area (Å²) < 4.78 is 11.3. The summed E-state index contributed by atoms with van der Waals surface area (Å²) in [4.78, 5) is 11.9. The Hall–Kier alpha value is -2.49. The lowest BCUT2D eigenvalue weighted by Gasteiger charge is -2.17. The van der Waals surface area contributed by atoms with E-state index in [4.69, 9.17) is 9.47 Å². The standard InChI is InChI=1S/C21H26O4/c1-4-12-25-19-11-10-16(13-15(19)3)18(21(22)23)14-17-8-6-7-9-20(17)24-5-2/h6-11,13,18H,4-5,12,14H2,1-3H3,(H,22,23). The van der Waals surface area contributed by atoms with Crippen LogP contribution in [0.4, 0.5) is 0 Å². The normalized spacial score (nSPS) is 11.8. The summed E-state index contributed by atoms with van der Waals surface area (Å²) in [6, 6.07) is 13.2. The second-order valence-corrected chi connectivity index (χ2v) is 6.01. The number of aliphatic carboxylic acids is 1. The molecule has 0 radical (unpaired) electrons. The molecule has 0 bridgehead atoms. The fourth-order valence-electron chi connectivity index (χ4n) is 2.80. The number of hydrogen-bond acceptors (Lipinski definition) is 3. The van der Waals surface area contributed by atoms with Gasteiger partial charge >= 0.3 is 5.97 Å². The van der Waals surface area contributed by atoms with Crippen LogP contribution in [0.2, 0.25) is 0 Å². The number of carboxylic acids is 1. The highest BCUT2D eigenvalue weighted by atomic mass is 16.5. The van der Waals surface area contributed by atoms with Crippen molar-refractivity contribution in [1.82, 2.24) is 0 Å². The lowest BCUT2D eigenvalue weighted by molar-refractivity contribution is -0.138. The zero-order valence-electron chi connectivity index (χ0n) is 15.1. The van der Waals surface area contributed by atoms with Crippen LogP contribution in [0.1, 0.15) is 42.9 Å². The highest BCUT2D eigenvalue weighted by Crippen LogP contribution is 2.30. The molecule has 4 heteroatoms. The molecule has 0 aliphatic heterocycles. The predicted octanol–water partition coefficient (Wildman–Crippen LogP) is 4.59. The second kappa shape index (κ2) is 9.11. The average molecular weight is 342 g/mol. The zero-order valence-corrected chi connectivity index (χ0v) is 15.1. The van der Waals surface area contributed by atoms with Gasteiger partial charge in [-0.3, -0.25) is 4.79 Å². The summed E-state index contributed by atoms with van der Waals surface area (Å²) >= 11 is 0. The Morgan fingerprint density at radius 3 is 2.48 bits per heavy atom. The molecule has 0 heterocycles. The summed E-state index contributed by atoms with van der Waals surface area (Å²) in [5, 5.41) is 9.74. The van der Waals surface area contributed by atoms with Crippen LogP contribution in [0.25, 0.3) is 0 Å². The maximum Gasteiger partial charge on any atom is 0.311 e. The van der Waals surface area contributed by atoms with E-state index in [1.165, 1.54) is 0 Å². The summed E-state index contributed by atoms with van der Waals surface area (Å²) in [6.45, 7) is 7.13. The molecule has 1 unspecified atom stereocenters. The molecule has 4 nitrogen and oxygen atoms in total. The van der Waals surface area contributed by atoms with E-state index in [1.54, 1.807) is 0 Å². The van der Waals surface area contributed by atoms with Gasteiger partial charge in [0.15, 0.2) is 0 Å². The highest BCUT2D eigenvalue weighted by Gasteiger charge is 2.22. The van der Waals surface area contributed by atoms with Crippen molar-refractivity contribution in [1.29, 1.82) is 0 Å². The molecule has 0 spiro atoms. The van der Waals surface area contributed by atoms with Gasteiger partial charge in [-0.05, 0) is 55.5 Å². The van der Waals surface area contributed by atoms with Crippen LogP contribution in [-0.2, 0) is 11.2 Å². The van der Waals surface area contributed by atoms with Crippen LogP contribution >= 0.6 is 0 Å². The molecule has 0 saturated carbocycles. The Labute approximate surface area is 149 Å². The van der Waals surface area contributed by atoms with Gasteiger partial charge in [0.05, 0.1) is 19.1 Å². The van der Waals surface area contributed by atoms with Crippen LogP contribution in [0.15, 0.2) is 42.5 Å². The summed E-state index contributed by atoms with van der Waals surface area (Å²) in [7, 11) is 0. The Kier molecular flexibility index (Phi) is 6.87. The third-order valence-corrected chi connectivity index (χ3v) is 4.06. The van der Waals surface area contributed by atoms with Gasteiger partial charge in [0.1, 0.15) is 11.5 Å². The smallest absolute Gasteiger partial charge is 0.311 e. The van der Waals surface area contributed by atoms with Crippen molar-refractivity contribution in [2.75, 3.05) is 13.2 Å². The average Bonchev–Trinajstić information content (AvgIpc) is 2.60. The molecule has 0 saturated heterocycles. The van der Waals surface area contributed by atoms with Crippen molar-refractivity contribution in [2.45, 2.75) is 39.5 Å². The quantitative estimate of drug-likeness (QED) is 0.724. The van der Waals surface area contributed by atoms with E-state index < -0.39 is 11.9 Å². The Bertz CT molecular complexity index is 709. The first kappa shape index (κ1) is 18.8. The summed E-state index contributed by atoms with van der Waals surface area (Å²) in [5.41, 5.74) is 2.64. The number of ether oxygens (including phenoxy) is 2. The van der Waals surface area contributed by atoms with Crippen molar-refractivity contribution in [3.63, 3.8) is 0 Å². The van der Waals surface area contributed by atoms with Gasteiger partial charge in [-0.1, -0.05) is 37.3 Å². The lowest BCUT2D eigenvalue weighted by Crippen LogP contribution is -2.15. The lowest BCUT2D eigenvalue weighted by atomic mass is 9.90. The van der Waals surface area contributed by atoms with Crippen LogP contribution in [-0.4, -0.2) is 24.3 Å². The van der Waals surface area contributed by atoms with Crippen molar-refractivity contribution < 1.29 is 19.4 Å². The third kappa shape index (κ3) is 4.99. The topological polar surface area (TPSA) is 55.8 Å². The number of rotatable bonds is 9. The molecule has 0 aliphatic rings. The number of aryl methyl sites for hydroxylation is 1. The Balaban J connectivity index is 2.27. The third-order valence-electron chi connectivity index (χ3n) is 4.06. The highest BCUT2D eigenvalue weighted by molar-refractivity contribution is 5.77. The predicted molar refractivity (Wildman–Crippen MR) is 98.7 cm³/mol. The van der Waals surface area contributed by atoms with Crippen LogP contribution in [0.3, 0.4) is 0 Å². The SMILES string of the molecule is CCCOc1ccc(C(Cc2ccccc2OCC)C(=O)O)cc1C. The molecule has 2 aromatic carbocycles. The molecular formula is C21H26O4. The van der Waals surface area contributed by atoms with Gasteiger partial charge in [-0.2, -0.15) is 0 Å². The molecule has 2 aromatic rings. The number of para-hydroxylation sites is 1. The Morgan fingerprint density at radius 2 is 1.84 bits per heavy atom. The number of benzene rings is 2. The largest absolute Gasteiger partial charge is 0.494 e. The van der Waals surface area contributed by atoms with Crippen molar-refractivity contribution in [2.24, 2.45) is 0 Å². The first-order chi connectivity index (χ1) is 12.1. The first-order valence-electron chi connectivity index (χ1n) is 8.73. The molecule has 0 fully saturated rings. The molecular weight excluding hydrogens is 316 g/mol. The van der Waals surface area contributed by atoms with Crippen LogP contribution in [0.5, 0.6) is 11.5 Å². The fraction of sp³-hybridized carbons (Fsp3) is 0.381. The number of carboxylic acid groups (broad SMARTS) is 1. The minimum absolute atomic E-state index is 0.389. The maximum absolute atomic E-state index is 11.9. The fourth-order valence-corrected chi connectivity index (χ4v) is 2.80. The van der Waals surface area contributed by atoms with Gasteiger partial charge in [-0.25, -0.2) is 0 Å². The van der Waals surface area contributed by atoms with Crippen molar-refractivity contribution >= 4 is 5.97 Å². The van der Waals surface area contributed by atoms with E-state index in [2.05, 4.69) is 6.92 Å². The minimum atomic E-state index is -0.840.